The number of ether oxygens (including phenoxy) is 1. The van der Waals surface area contributed by atoms with Crippen molar-refractivity contribution in [1.82, 2.24) is 4.98 Å². The van der Waals surface area contributed by atoms with Crippen molar-refractivity contribution in [1.29, 1.82) is 0 Å². The van der Waals surface area contributed by atoms with Gasteiger partial charge in [0.25, 0.3) is 0 Å². The molecule has 0 atom stereocenters. The Kier molecular flexibility index (Phi) is 4.01. The molecule has 0 fully saturated rings. The van der Waals surface area contributed by atoms with Crippen LogP contribution < -0.4 is 4.74 Å². The number of hydrogen-bond acceptors (Lipinski definition) is 3. The molecule has 0 radical (unpaired) electrons. The number of aromatic amines is 1. The van der Waals surface area contributed by atoms with Crippen molar-refractivity contribution < 1.29 is 13.2 Å². The molecule has 4 rings (SSSR count). The summed E-state index contributed by atoms with van der Waals surface area (Å²) in [6.45, 7) is 0. The van der Waals surface area contributed by atoms with Crippen molar-refractivity contribution in [2.75, 3.05) is 7.11 Å². The Morgan fingerprint density at radius 3 is 2.15 bits per heavy atom. The average Bonchev–Trinajstić information content (AvgIpc) is 3.09. The Morgan fingerprint density at radius 2 is 1.46 bits per heavy atom. The summed E-state index contributed by atoms with van der Waals surface area (Å²) in [5.74, 6) is 0.720. The maximum absolute atomic E-state index is 13.4. The fourth-order valence-electron chi connectivity index (χ4n) is 3.07. The van der Waals surface area contributed by atoms with Gasteiger partial charge in [-0.2, -0.15) is 0 Å². The lowest BCUT2D eigenvalue weighted by Crippen LogP contribution is -2.03. The zero-order valence-electron chi connectivity index (χ0n) is 14.1. The minimum atomic E-state index is -3.68. The van der Waals surface area contributed by atoms with Crippen molar-refractivity contribution in [3.63, 3.8) is 0 Å². The van der Waals surface area contributed by atoms with Crippen LogP contribution in [0.1, 0.15) is 0 Å². The zero-order chi connectivity index (χ0) is 18.1. The molecule has 26 heavy (non-hydrogen) atoms. The van der Waals surface area contributed by atoms with E-state index >= 15 is 0 Å². The molecular weight excluding hydrogens is 346 g/mol. The predicted octanol–water partition coefficient (Wildman–Crippen LogP) is 4.68. The Bertz CT molecular complexity index is 1160. The SMILES string of the molecule is COc1ccc(-c2[nH]c3ccccc3c2S(=O)(=O)c2ccccc2)cc1. The molecule has 0 bridgehead atoms. The molecule has 4 nitrogen and oxygen atoms in total. The summed E-state index contributed by atoms with van der Waals surface area (Å²) in [5.41, 5.74) is 2.15. The summed E-state index contributed by atoms with van der Waals surface area (Å²) in [6, 6.07) is 23.3. The van der Waals surface area contributed by atoms with Crippen molar-refractivity contribution in [2.24, 2.45) is 0 Å². The second-order valence-corrected chi connectivity index (χ2v) is 7.81. The quantitative estimate of drug-likeness (QED) is 0.573. The van der Waals surface area contributed by atoms with E-state index in [4.69, 9.17) is 4.74 Å². The van der Waals surface area contributed by atoms with Gasteiger partial charge in [-0.05, 0) is 48.0 Å². The van der Waals surface area contributed by atoms with E-state index < -0.39 is 9.84 Å². The number of fused-ring (bicyclic) bond motifs is 1. The first kappa shape index (κ1) is 16.4. The highest BCUT2D eigenvalue weighted by Gasteiger charge is 2.26. The van der Waals surface area contributed by atoms with Gasteiger partial charge in [0.15, 0.2) is 0 Å². The maximum atomic E-state index is 13.4. The molecule has 0 spiro atoms. The zero-order valence-corrected chi connectivity index (χ0v) is 15.0. The summed E-state index contributed by atoms with van der Waals surface area (Å²) < 4.78 is 32.0. The average molecular weight is 363 g/mol. The molecule has 0 unspecified atom stereocenters. The van der Waals surface area contributed by atoms with E-state index in [1.54, 1.807) is 37.4 Å². The lowest BCUT2D eigenvalue weighted by atomic mass is 10.1. The molecule has 0 aliphatic carbocycles. The fourth-order valence-corrected chi connectivity index (χ4v) is 4.73. The molecule has 0 aliphatic heterocycles. The van der Waals surface area contributed by atoms with Crippen LogP contribution in [0.15, 0.2) is 88.7 Å². The lowest BCUT2D eigenvalue weighted by molar-refractivity contribution is 0.415. The summed E-state index contributed by atoms with van der Waals surface area (Å²) >= 11 is 0. The first-order valence-corrected chi connectivity index (χ1v) is 9.65. The normalized spacial score (nSPS) is 11.6. The number of hydrogen-bond donors (Lipinski definition) is 1. The number of benzene rings is 3. The van der Waals surface area contributed by atoms with E-state index in [1.165, 1.54) is 0 Å². The van der Waals surface area contributed by atoms with E-state index in [0.717, 1.165) is 16.8 Å². The molecule has 0 saturated carbocycles. The number of methoxy groups -OCH3 is 1. The van der Waals surface area contributed by atoms with Gasteiger partial charge in [0.1, 0.15) is 10.6 Å². The van der Waals surface area contributed by atoms with Crippen LogP contribution in [0.5, 0.6) is 5.75 Å². The topological polar surface area (TPSA) is 59.2 Å². The Morgan fingerprint density at radius 1 is 0.808 bits per heavy atom. The monoisotopic (exact) mass is 363 g/mol. The van der Waals surface area contributed by atoms with E-state index in [-0.39, 0.29) is 4.90 Å². The highest BCUT2D eigenvalue weighted by atomic mass is 32.2. The highest BCUT2D eigenvalue weighted by molar-refractivity contribution is 7.91. The van der Waals surface area contributed by atoms with Crippen LogP contribution in [0.4, 0.5) is 0 Å². The third kappa shape index (κ3) is 2.66. The van der Waals surface area contributed by atoms with Crippen molar-refractivity contribution in [2.45, 2.75) is 9.79 Å². The standard InChI is InChI=1S/C21H17NO3S/c1-25-16-13-11-15(12-14-16)20-21(18-9-5-6-10-19(18)22-20)26(23,24)17-7-3-2-4-8-17/h2-14,22H,1H3. The van der Waals surface area contributed by atoms with Gasteiger partial charge in [0.05, 0.1) is 17.7 Å². The molecule has 5 heteroatoms. The number of para-hydroxylation sites is 1. The van der Waals surface area contributed by atoms with E-state index in [2.05, 4.69) is 4.98 Å². The van der Waals surface area contributed by atoms with E-state index in [1.807, 2.05) is 48.5 Å². The number of sulfone groups is 1. The third-order valence-corrected chi connectivity index (χ3v) is 6.21. The highest BCUT2D eigenvalue weighted by Crippen LogP contribution is 2.37. The molecular formula is C21H17NO3S. The minimum Gasteiger partial charge on any atom is -0.497 e. The first-order valence-electron chi connectivity index (χ1n) is 8.16. The van der Waals surface area contributed by atoms with E-state index in [9.17, 15) is 8.42 Å². The number of rotatable bonds is 4. The third-order valence-electron chi connectivity index (χ3n) is 4.36. The molecule has 130 valence electrons. The fraction of sp³-hybridized carbons (Fsp3) is 0.0476. The molecule has 0 saturated heterocycles. The van der Waals surface area contributed by atoms with Crippen LogP contribution >= 0.6 is 0 Å². The van der Waals surface area contributed by atoms with Gasteiger partial charge in [-0.15, -0.1) is 0 Å². The minimum absolute atomic E-state index is 0.277. The van der Waals surface area contributed by atoms with Gasteiger partial charge in [0, 0.05) is 10.9 Å². The van der Waals surface area contributed by atoms with Crippen LogP contribution in [-0.4, -0.2) is 20.5 Å². The molecule has 3 aromatic carbocycles. The summed E-state index contributed by atoms with van der Waals surface area (Å²) in [5, 5.41) is 0.683. The van der Waals surface area contributed by atoms with Gasteiger partial charge < -0.3 is 9.72 Å². The number of aromatic nitrogens is 1. The Hall–Kier alpha value is -3.05. The van der Waals surface area contributed by atoms with Gasteiger partial charge in [-0.25, -0.2) is 8.42 Å². The van der Waals surface area contributed by atoms with Gasteiger partial charge >= 0.3 is 0 Å². The molecule has 1 heterocycles. The predicted molar refractivity (Wildman–Crippen MR) is 102 cm³/mol. The smallest absolute Gasteiger partial charge is 0.209 e. The molecule has 0 aliphatic rings. The summed E-state index contributed by atoms with van der Waals surface area (Å²) in [6.07, 6.45) is 0. The van der Waals surface area contributed by atoms with Crippen LogP contribution in [0, 0.1) is 0 Å². The van der Waals surface area contributed by atoms with Crippen molar-refractivity contribution >= 4 is 20.7 Å². The Balaban J connectivity index is 2.01. The van der Waals surface area contributed by atoms with Crippen LogP contribution in [0.3, 0.4) is 0 Å². The van der Waals surface area contributed by atoms with Gasteiger partial charge in [-0.3, -0.25) is 0 Å². The maximum Gasteiger partial charge on any atom is 0.209 e. The lowest BCUT2D eigenvalue weighted by Gasteiger charge is -2.08. The summed E-state index contributed by atoms with van der Waals surface area (Å²) in [7, 11) is -2.08. The van der Waals surface area contributed by atoms with Crippen molar-refractivity contribution in [3.05, 3.63) is 78.9 Å². The Labute approximate surface area is 152 Å². The first-order chi connectivity index (χ1) is 12.6. The molecule has 4 aromatic rings. The summed E-state index contributed by atoms with van der Waals surface area (Å²) in [4.78, 5) is 3.85. The molecule has 1 aromatic heterocycles. The number of nitrogens with one attached hydrogen (secondary N) is 1. The van der Waals surface area contributed by atoms with E-state index in [0.29, 0.717) is 16.0 Å². The number of H-pyrrole nitrogens is 1. The second-order valence-electron chi connectivity index (χ2n) is 5.92. The molecule has 1 N–H and O–H groups in total. The van der Waals surface area contributed by atoms with Gasteiger partial charge in [0.2, 0.25) is 9.84 Å². The van der Waals surface area contributed by atoms with Crippen LogP contribution in [0.25, 0.3) is 22.2 Å². The van der Waals surface area contributed by atoms with Gasteiger partial charge in [-0.1, -0.05) is 36.4 Å². The van der Waals surface area contributed by atoms with Crippen molar-refractivity contribution in [3.8, 4) is 17.0 Å². The molecule has 0 amide bonds. The largest absolute Gasteiger partial charge is 0.497 e. The van der Waals surface area contributed by atoms with Crippen LogP contribution in [0.2, 0.25) is 0 Å². The van der Waals surface area contributed by atoms with Crippen LogP contribution in [-0.2, 0) is 9.84 Å². The second kappa shape index (κ2) is 6.35.